The summed E-state index contributed by atoms with van der Waals surface area (Å²) in [6.07, 6.45) is 1.58. The minimum Gasteiger partial charge on any atom is -0.295 e. The molecular formula is C9H19ClO3Si. The highest BCUT2D eigenvalue weighted by Gasteiger charge is 2.00. The zero-order valence-electron chi connectivity index (χ0n) is 9.14. The molecule has 0 saturated carbocycles. The third-order valence-corrected chi connectivity index (χ3v) is 3.00. The van der Waals surface area contributed by atoms with Crippen LogP contribution in [0.4, 0.5) is 0 Å². The molecular weight excluding hydrogens is 220 g/mol. The van der Waals surface area contributed by atoms with Gasteiger partial charge in [-0.3, -0.25) is 4.79 Å². The topological polar surface area (TPSA) is 35.5 Å². The third kappa shape index (κ3) is 14.4. The first kappa shape index (κ1) is 16.3. The van der Waals surface area contributed by atoms with E-state index in [0.717, 1.165) is 12.5 Å². The number of carbonyl (C=O) groups is 1. The molecule has 14 heavy (non-hydrogen) atoms. The molecule has 0 spiro atoms. The van der Waals surface area contributed by atoms with Gasteiger partial charge >= 0.3 is 0 Å². The molecule has 0 saturated heterocycles. The molecule has 0 aliphatic carbocycles. The van der Waals surface area contributed by atoms with Gasteiger partial charge in [-0.1, -0.05) is 6.58 Å². The Hall–Kier alpha value is -0.163. The van der Waals surface area contributed by atoms with Crippen LogP contribution in [-0.2, 0) is 14.6 Å². The number of rotatable bonds is 6. The predicted octanol–water partition coefficient (Wildman–Crippen LogP) is 1.85. The minimum atomic E-state index is -0.363. The van der Waals surface area contributed by atoms with Gasteiger partial charge < -0.3 is 0 Å². The highest BCUT2D eigenvalue weighted by molar-refractivity contribution is 6.93. The van der Waals surface area contributed by atoms with Gasteiger partial charge in [-0.15, -0.1) is 0 Å². The zero-order valence-corrected chi connectivity index (χ0v) is 11.3. The molecule has 0 aromatic carbocycles. The van der Waals surface area contributed by atoms with Crippen LogP contribution in [0, 0.1) is 0 Å². The number of halogens is 1. The lowest BCUT2D eigenvalue weighted by Gasteiger charge is -1.95. The molecule has 84 valence electrons. The van der Waals surface area contributed by atoms with Crippen LogP contribution in [0.2, 0.25) is 6.04 Å². The summed E-state index contributed by atoms with van der Waals surface area (Å²) in [5.74, 6) is 0.180. The van der Waals surface area contributed by atoms with Crippen LogP contribution in [0.15, 0.2) is 12.2 Å². The SMILES string of the molecule is C=C(C)C(=O)CCC[SiH2]Cl.COOC. The molecule has 0 aliphatic rings. The van der Waals surface area contributed by atoms with Crippen LogP contribution >= 0.6 is 11.1 Å². The first-order valence-electron chi connectivity index (χ1n) is 4.41. The number of hydrogen-bond donors (Lipinski definition) is 0. The van der Waals surface area contributed by atoms with Crippen LogP contribution in [0.1, 0.15) is 19.8 Å². The molecule has 0 atom stereocenters. The number of Topliss-reactive ketones (excluding diaryl/α,β-unsaturated/α-hetero) is 1. The van der Waals surface area contributed by atoms with Crippen molar-refractivity contribution in [1.29, 1.82) is 0 Å². The van der Waals surface area contributed by atoms with Crippen LogP contribution in [-0.4, -0.2) is 28.8 Å². The van der Waals surface area contributed by atoms with E-state index in [9.17, 15) is 4.79 Å². The summed E-state index contributed by atoms with van der Waals surface area (Å²) in [6, 6.07) is 1.06. The molecule has 0 rings (SSSR count). The second-order valence-corrected chi connectivity index (χ2v) is 4.90. The van der Waals surface area contributed by atoms with Gasteiger partial charge in [0, 0.05) is 6.42 Å². The molecule has 0 unspecified atom stereocenters. The van der Waals surface area contributed by atoms with Gasteiger partial charge in [0.2, 0.25) is 0 Å². The molecule has 3 nitrogen and oxygen atoms in total. The van der Waals surface area contributed by atoms with Crippen LogP contribution in [0.3, 0.4) is 0 Å². The Kier molecular flexibility index (Phi) is 14.9. The second-order valence-electron chi connectivity index (χ2n) is 2.68. The highest BCUT2D eigenvalue weighted by atomic mass is 35.6. The summed E-state index contributed by atoms with van der Waals surface area (Å²) in [6.45, 7) is 5.31. The normalized spacial score (nSPS) is 9.71. The zero-order chi connectivity index (χ0) is 11.4. The smallest absolute Gasteiger partial charge is 0.157 e. The van der Waals surface area contributed by atoms with Crippen molar-refractivity contribution in [2.24, 2.45) is 0 Å². The molecule has 0 N–H and O–H groups in total. The minimum absolute atomic E-state index is 0.180. The van der Waals surface area contributed by atoms with Crippen molar-refractivity contribution in [2.75, 3.05) is 14.2 Å². The van der Waals surface area contributed by atoms with Gasteiger partial charge in [0.25, 0.3) is 0 Å². The van der Waals surface area contributed by atoms with E-state index < -0.39 is 0 Å². The molecule has 5 heteroatoms. The van der Waals surface area contributed by atoms with Crippen molar-refractivity contribution >= 4 is 25.7 Å². The van der Waals surface area contributed by atoms with E-state index in [4.69, 9.17) is 11.1 Å². The van der Waals surface area contributed by atoms with Gasteiger partial charge in [-0.2, -0.15) is 11.1 Å². The fourth-order valence-corrected chi connectivity index (χ4v) is 1.60. The van der Waals surface area contributed by atoms with Gasteiger partial charge in [-0.05, 0) is 25.0 Å². The Morgan fingerprint density at radius 2 is 1.93 bits per heavy atom. The van der Waals surface area contributed by atoms with Gasteiger partial charge in [0.15, 0.2) is 5.78 Å². The maximum atomic E-state index is 10.9. The Balaban J connectivity index is 0. The summed E-state index contributed by atoms with van der Waals surface area (Å²) >= 11 is 5.57. The van der Waals surface area contributed by atoms with Crippen LogP contribution in [0.25, 0.3) is 0 Å². The van der Waals surface area contributed by atoms with Gasteiger partial charge in [-0.25, -0.2) is 9.78 Å². The molecule has 0 bridgehead atoms. The Labute approximate surface area is 92.9 Å². The van der Waals surface area contributed by atoms with Gasteiger partial charge in [0.1, 0.15) is 8.83 Å². The molecule has 0 amide bonds. The van der Waals surface area contributed by atoms with Crippen LogP contribution in [0.5, 0.6) is 0 Å². The predicted molar refractivity (Wildman–Crippen MR) is 62.3 cm³/mol. The average molecular weight is 239 g/mol. The van der Waals surface area contributed by atoms with E-state index in [0.29, 0.717) is 12.0 Å². The summed E-state index contributed by atoms with van der Waals surface area (Å²) in [5, 5.41) is 0. The van der Waals surface area contributed by atoms with E-state index in [1.165, 1.54) is 14.2 Å². The van der Waals surface area contributed by atoms with E-state index in [1.54, 1.807) is 6.92 Å². The molecule has 0 aromatic heterocycles. The van der Waals surface area contributed by atoms with Crippen LogP contribution < -0.4 is 0 Å². The van der Waals surface area contributed by atoms with Crippen molar-refractivity contribution in [3.63, 3.8) is 0 Å². The largest absolute Gasteiger partial charge is 0.295 e. The van der Waals surface area contributed by atoms with Gasteiger partial charge in [0.05, 0.1) is 14.2 Å². The van der Waals surface area contributed by atoms with E-state index in [1.807, 2.05) is 0 Å². The maximum absolute atomic E-state index is 10.9. The molecule has 0 heterocycles. The van der Waals surface area contributed by atoms with Crippen molar-refractivity contribution in [3.05, 3.63) is 12.2 Å². The second kappa shape index (κ2) is 12.8. The molecule has 0 aliphatic heterocycles. The average Bonchev–Trinajstić information content (AvgIpc) is 2.18. The van der Waals surface area contributed by atoms with Crippen molar-refractivity contribution in [1.82, 2.24) is 0 Å². The first-order chi connectivity index (χ1) is 6.59. The number of carbonyl (C=O) groups excluding carboxylic acids is 1. The number of allylic oxidation sites excluding steroid dienone is 1. The summed E-state index contributed by atoms with van der Waals surface area (Å²) < 4.78 is 0. The highest BCUT2D eigenvalue weighted by Crippen LogP contribution is 2.02. The first-order valence-corrected chi connectivity index (χ1v) is 7.55. The van der Waals surface area contributed by atoms with Crippen molar-refractivity contribution in [3.8, 4) is 0 Å². The fraction of sp³-hybridized carbons (Fsp3) is 0.667. The molecule has 0 radical (unpaired) electrons. The summed E-state index contributed by atoms with van der Waals surface area (Å²) in [4.78, 5) is 19.0. The number of ketones is 1. The van der Waals surface area contributed by atoms with E-state index in [2.05, 4.69) is 16.4 Å². The van der Waals surface area contributed by atoms with E-state index in [-0.39, 0.29) is 14.6 Å². The molecule has 0 aromatic rings. The fourth-order valence-electron chi connectivity index (χ4n) is 0.593. The summed E-state index contributed by atoms with van der Waals surface area (Å²) in [7, 11) is 2.55. The van der Waals surface area contributed by atoms with E-state index >= 15 is 0 Å². The standard InChI is InChI=1S/C7H13ClOSi.C2H6O2/c1-6(2)7(9)4-3-5-10-8;1-3-4-2/h1,3-5,10H2,2H3;1-2H3. The van der Waals surface area contributed by atoms with Crippen molar-refractivity contribution < 1.29 is 14.6 Å². The molecule has 0 fully saturated rings. The lowest BCUT2D eigenvalue weighted by atomic mass is 10.1. The van der Waals surface area contributed by atoms with Crippen molar-refractivity contribution in [2.45, 2.75) is 25.8 Å². The third-order valence-electron chi connectivity index (χ3n) is 1.43. The maximum Gasteiger partial charge on any atom is 0.157 e. The summed E-state index contributed by atoms with van der Waals surface area (Å²) in [5.41, 5.74) is 0.663. The quantitative estimate of drug-likeness (QED) is 0.177. The Morgan fingerprint density at radius 3 is 2.21 bits per heavy atom. The monoisotopic (exact) mass is 238 g/mol. The lowest BCUT2D eigenvalue weighted by Crippen LogP contribution is -1.97. The Morgan fingerprint density at radius 1 is 1.43 bits per heavy atom. The lowest BCUT2D eigenvalue weighted by molar-refractivity contribution is -0.248. The number of hydrogen-bond acceptors (Lipinski definition) is 3. The Bertz CT molecular complexity index is 160.